The van der Waals surface area contributed by atoms with Gasteiger partial charge >= 0.3 is 0 Å². The molecule has 21 heavy (non-hydrogen) atoms. The lowest BCUT2D eigenvalue weighted by Crippen LogP contribution is -2.25. The lowest BCUT2D eigenvalue weighted by atomic mass is 10.2. The maximum absolute atomic E-state index is 12.2. The van der Waals surface area contributed by atoms with Crippen molar-refractivity contribution in [3.63, 3.8) is 0 Å². The van der Waals surface area contributed by atoms with Crippen LogP contribution in [0.1, 0.15) is 15.5 Å². The van der Waals surface area contributed by atoms with Gasteiger partial charge in [0.1, 0.15) is 4.88 Å². The third-order valence-electron chi connectivity index (χ3n) is 2.94. The zero-order chi connectivity index (χ0) is 14.8. The molecule has 108 valence electrons. The Morgan fingerprint density at radius 3 is 3.10 bits per heavy atom. The summed E-state index contributed by atoms with van der Waals surface area (Å²) in [6, 6.07) is 5.78. The lowest BCUT2D eigenvalue weighted by molar-refractivity contribution is 0.0959. The number of halogens is 1. The monoisotopic (exact) mass is 366 g/mol. The Morgan fingerprint density at radius 2 is 2.33 bits per heavy atom. The maximum Gasteiger partial charge on any atom is 0.263 e. The van der Waals surface area contributed by atoms with E-state index in [-0.39, 0.29) is 5.91 Å². The van der Waals surface area contributed by atoms with E-state index >= 15 is 0 Å². The average Bonchev–Trinajstić information content (AvgIpc) is 3.08. The minimum atomic E-state index is -0.187. The van der Waals surface area contributed by atoms with Crippen molar-refractivity contribution in [3.8, 4) is 0 Å². The number of aromatic nitrogens is 2. The van der Waals surface area contributed by atoms with E-state index in [4.69, 9.17) is 5.73 Å². The summed E-state index contributed by atoms with van der Waals surface area (Å²) in [7, 11) is 0. The van der Waals surface area contributed by atoms with Gasteiger partial charge in [-0.25, -0.2) is 0 Å². The molecule has 1 amide bonds. The molecule has 3 N–H and O–H groups in total. The summed E-state index contributed by atoms with van der Waals surface area (Å²) in [4.78, 5) is 16.6. The van der Waals surface area contributed by atoms with E-state index in [1.165, 1.54) is 17.7 Å². The van der Waals surface area contributed by atoms with Crippen LogP contribution in [0, 0.1) is 0 Å². The number of nitrogens with one attached hydrogen (secondary N) is 1. The van der Waals surface area contributed by atoms with Crippen LogP contribution in [0.2, 0.25) is 0 Å². The standard InChI is InChI=1S/C13H11BrN4O2S/c14-7-1-2-9-8(5-7)11(15)12(21-9)13(19)16-4-3-10-17-6-20-18-10/h1-2,5-6H,3-4,15H2,(H,16,19). The van der Waals surface area contributed by atoms with Crippen LogP contribution in [0.3, 0.4) is 0 Å². The molecule has 0 saturated heterocycles. The largest absolute Gasteiger partial charge is 0.397 e. The number of carbonyl (C=O) groups excluding carboxylic acids is 1. The molecule has 0 aliphatic carbocycles. The van der Waals surface area contributed by atoms with Gasteiger partial charge < -0.3 is 15.6 Å². The number of benzene rings is 1. The molecule has 0 aliphatic heterocycles. The predicted molar refractivity (Wildman–Crippen MR) is 84.3 cm³/mol. The summed E-state index contributed by atoms with van der Waals surface area (Å²) in [5, 5.41) is 7.38. The van der Waals surface area contributed by atoms with Crippen molar-refractivity contribution in [1.82, 2.24) is 15.5 Å². The molecule has 3 rings (SSSR count). The van der Waals surface area contributed by atoms with Crippen molar-refractivity contribution < 1.29 is 9.32 Å². The van der Waals surface area contributed by atoms with Crippen LogP contribution >= 0.6 is 27.3 Å². The molecule has 1 aromatic carbocycles. The highest BCUT2D eigenvalue weighted by Crippen LogP contribution is 2.35. The number of rotatable bonds is 4. The SMILES string of the molecule is Nc1c(C(=O)NCCc2ncon2)sc2ccc(Br)cc12. The maximum atomic E-state index is 12.2. The lowest BCUT2D eigenvalue weighted by Gasteiger charge is -2.02. The topological polar surface area (TPSA) is 94.0 Å². The van der Waals surface area contributed by atoms with Gasteiger partial charge in [0, 0.05) is 27.5 Å². The first-order valence-corrected chi connectivity index (χ1v) is 7.77. The Bertz CT molecular complexity index is 785. The molecule has 6 nitrogen and oxygen atoms in total. The van der Waals surface area contributed by atoms with Crippen LogP contribution in [0.4, 0.5) is 5.69 Å². The van der Waals surface area contributed by atoms with Gasteiger partial charge in [0.2, 0.25) is 6.39 Å². The van der Waals surface area contributed by atoms with Crippen molar-refractivity contribution in [3.05, 3.63) is 39.8 Å². The normalized spacial score (nSPS) is 10.9. The number of hydrogen-bond acceptors (Lipinski definition) is 6. The van der Waals surface area contributed by atoms with Crippen LogP contribution in [-0.2, 0) is 6.42 Å². The molecular weight excluding hydrogens is 356 g/mol. The average molecular weight is 367 g/mol. The highest BCUT2D eigenvalue weighted by molar-refractivity contribution is 9.10. The van der Waals surface area contributed by atoms with Gasteiger partial charge in [-0.3, -0.25) is 4.79 Å². The van der Waals surface area contributed by atoms with Gasteiger partial charge in [-0.15, -0.1) is 11.3 Å². The summed E-state index contributed by atoms with van der Waals surface area (Å²) in [5.74, 6) is 0.372. The molecular formula is C13H11BrN4O2S. The van der Waals surface area contributed by atoms with E-state index in [1.54, 1.807) is 0 Å². The number of anilines is 1. The van der Waals surface area contributed by atoms with Crippen molar-refractivity contribution in [2.24, 2.45) is 0 Å². The Balaban J connectivity index is 1.73. The fourth-order valence-electron chi connectivity index (χ4n) is 1.93. The fourth-order valence-corrected chi connectivity index (χ4v) is 3.31. The Morgan fingerprint density at radius 1 is 1.48 bits per heavy atom. The summed E-state index contributed by atoms with van der Waals surface area (Å²) < 4.78 is 6.55. The van der Waals surface area contributed by atoms with Crippen LogP contribution < -0.4 is 11.1 Å². The molecule has 0 atom stereocenters. The second-order valence-corrected chi connectivity index (χ2v) is 6.31. The van der Waals surface area contributed by atoms with Gasteiger partial charge in [-0.2, -0.15) is 4.98 Å². The molecule has 0 bridgehead atoms. The van der Waals surface area contributed by atoms with Gasteiger partial charge in [0.15, 0.2) is 5.82 Å². The molecule has 0 unspecified atom stereocenters. The van der Waals surface area contributed by atoms with E-state index in [0.29, 0.717) is 29.4 Å². The van der Waals surface area contributed by atoms with Crippen molar-refractivity contribution >= 4 is 48.9 Å². The van der Waals surface area contributed by atoms with Crippen LogP contribution in [0.5, 0.6) is 0 Å². The van der Waals surface area contributed by atoms with E-state index in [1.807, 2.05) is 18.2 Å². The second kappa shape index (κ2) is 5.82. The molecule has 2 aromatic heterocycles. The number of amides is 1. The molecule has 0 saturated carbocycles. The van der Waals surface area contributed by atoms with E-state index in [2.05, 4.69) is 35.9 Å². The van der Waals surface area contributed by atoms with E-state index in [0.717, 1.165) is 14.6 Å². The first-order valence-electron chi connectivity index (χ1n) is 6.16. The zero-order valence-corrected chi connectivity index (χ0v) is 13.2. The van der Waals surface area contributed by atoms with Crippen LogP contribution in [-0.4, -0.2) is 22.6 Å². The Hall–Kier alpha value is -1.93. The third kappa shape index (κ3) is 2.91. The number of nitrogens with zero attached hydrogens (tertiary/aromatic N) is 2. The minimum Gasteiger partial charge on any atom is -0.397 e. The molecule has 2 heterocycles. The zero-order valence-electron chi connectivity index (χ0n) is 10.8. The number of carbonyl (C=O) groups is 1. The number of nitrogen functional groups attached to an aromatic ring is 1. The first-order chi connectivity index (χ1) is 10.1. The van der Waals surface area contributed by atoms with Gasteiger partial charge in [0.25, 0.3) is 5.91 Å². The van der Waals surface area contributed by atoms with Crippen molar-refractivity contribution in [2.45, 2.75) is 6.42 Å². The second-order valence-electron chi connectivity index (χ2n) is 4.34. The molecule has 0 spiro atoms. The smallest absolute Gasteiger partial charge is 0.263 e. The summed E-state index contributed by atoms with van der Waals surface area (Å²) >= 11 is 4.78. The number of hydrogen-bond donors (Lipinski definition) is 2. The molecule has 0 aliphatic rings. The van der Waals surface area contributed by atoms with E-state index in [9.17, 15) is 4.79 Å². The number of fused-ring (bicyclic) bond motifs is 1. The highest BCUT2D eigenvalue weighted by atomic mass is 79.9. The summed E-state index contributed by atoms with van der Waals surface area (Å²) in [6.07, 6.45) is 1.78. The van der Waals surface area contributed by atoms with Gasteiger partial charge in [-0.1, -0.05) is 21.1 Å². The molecule has 0 radical (unpaired) electrons. The minimum absolute atomic E-state index is 0.187. The molecule has 3 aromatic rings. The quantitative estimate of drug-likeness (QED) is 0.739. The van der Waals surface area contributed by atoms with Crippen molar-refractivity contribution in [1.29, 1.82) is 0 Å². The van der Waals surface area contributed by atoms with Crippen molar-refractivity contribution in [2.75, 3.05) is 12.3 Å². The number of thiophene rings is 1. The van der Waals surface area contributed by atoms with Gasteiger partial charge in [0.05, 0.1) is 5.69 Å². The highest BCUT2D eigenvalue weighted by Gasteiger charge is 2.16. The van der Waals surface area contributed by atoms with E-state index < -0.39 is 0 Å². The summed E-state index contributed by atoms with van der Waals surface area (Å²) in [6.45, 7) is 0.426. The summed E-state index contributed by atoms with van der Waals surface area (Å²) in [5.41, 5.74) is 6.57. The third-order valence-corrected chi connectivity index (χ3v) is 4.61. The predicted octanol–water partition coefficient (Wildman–Crippen LogP) is 2.60. The Labute approximate surface area is 132 Å². The van der Waals surface area contributed by atoms with Crippen LogP contribution in [0.25, 0.3) is 10.1 Å². The van der Waals surface area contributed by atoms with Gasteiger partial charge in [-0.05, 0) is 18.2 Å². The first kappa shape index (κ1) is 14.0. The van der Waals surface area contributed by atoms with Crippen LogP contribution in [0.15, 0.2) is 33.6 Å². The number of nitrogens with two attached hydrogens (primary N) is 1. The molecule has 0 fully saturated rings. The fraction of sp³-hybridized carbons (Fsp3) is 0.154. The molecule has 8 heteroatoms. The Kier molecular flexibility index (Phi) is 3.89.